The molecule has 1 saturated heterocycles. The molecule has 1 heterocycles. The van der Waals surface area contributed by atoms with Crippen molar-refractivity contribution in [1.29, 1.82) is 0 Å². The first-order valence-corrected chi connectivity index (χ1v) is 6.86. The highest BCUT2D eigenvalue weighted by Crippen LogP contribution is 2.32. The van der Waals surface area contributed by atoms with Crippen molar-refractivity contribution in [3.63, 3.8) is 0 Å². The van der Waals surface area contributed by atoms with Crippen LogP contribution >= 0.6 is 24.0 Å². The Morgan fingerprint density at radius 3 is 2.67 bits per heavy atom. The number of hydrogen-bond donors (Lipinski definition) is 1. The Morgan fingerprint density at radius 1 is 1.39 bits per heavy atom. The first-order chi connectivity index (χ1) is 8.61. The third kappa shape index (κ3) is 2.80. The molecule has 0 atom stereocenters. The molecule has 2 N–H and O–H groups in total. The van der Waals surface area contributed by atoms with Crippen LogP contribution in [0.2, 0.25) is 0 Å². The van der Waals surface area contributed by atoms with Crippen LogP contribution in [-0.2, 0) is 4.79 Å². The summed E-state index contributed by atoms with van der Waals surface area (Å²) in [7, 11) is 0. The molecule has 0 unspecified atom stereocenters. The highest BCUT2D eigenvalue weighted by Gasteiger charge is 2.31. The zero-order valence-electron chi connectivity index (χ0n) is 10.1. The monoisotopic (exact) mass is 278 g/mol. The van der Waals surface area contributed by atoms with Gasteiger partial charge in [0, 0.05) is 13.1 Å². The molecule has 18 heavy (non-hydrogen) atoms. The van der Waals surface area contributed by atoms with Gasteiger partial charge in [0.05, 0.1) is 4.91 Å². The van der Waals surface area contributed by atoms with Gasteiger partial charge in [-0.25, -0.2) is 0 Å². The summed E-state index contributed by atoms with van der Waals surface area (Å²) in [5.41, 5.74) is 7.67. The van der Waals surface area contributed by atoms with Crippen molar-refractivity contribution in [3.05, 3.63) is 40.3 Å². The SMILES string of the molecule is Cc1ccc(/C=C2\SC(=S)N(CCN)C2=O)cc1. The predicted octanol–water partition coefficient (Wildman–Crippen LogP) is 2.15. The van der Waals surface area contributed by atoms with E-state index in [0.717, 1.165) is 5.56 Å². The first-order valence-electron chi connectivity index (χ1n) is 5.64. The number of hydrogen-bond acceptors (Lipinski definition) is 4. The molecular weight excluding hydrogens is 264 g/mol. The summed E-state index contributed by atoms with van der Waals surface area (Å²) in [5.74, 6) is -0.0453. The van der Waals surface area contributed by atoms with Crippen molar-refractivity contribution in [2.75, 3.05) is 13.1 Å². The normalized spacial score (nSPS) is 17.9. The first kappa shape index (κ1) is 13.3. The second kappa shape index (κ2) is 5.65. The van der Waals surface area contributed by atoms with Crippen molar-refractivity contribution < 1.29 is 4.79 Å². The van der Waals surface area contributed by atoms with Crippen LogP contribution in [0.5, 0.6) is 0 Å². The summed E-state index contributed by atoms with van der Waals surface area (Å²) in [6.45, 7) is 2.94. The van der Waals surface area contributed by atoms with Crippen molar-refractivity contribution in [2.24, 2.45) is 5.73 Å². The molecule has 0 aliphatic carbocycles. The minimum absolute atomic E-state index is 0.0453. The van der Waals surface area contributed by atoms with Crippen LogP contribution in [-0.4, -0.2) is 28.2 Å². The van der Waals surface area contributed by atoms with Gasteiger partial charge in [0.1, 0.15) is 4.32 Å². The average molecular weight is 278 g/mol. The number of carbonyl (C=O) groups excluding carboxylic acids is 1. The lowest BCUT2D eigenvalue weighted by Crippen LogP contribution is -2.32. The summed E-state index contributed by atoms with van der Waals surface area (Å²) in [6.07, 6.45) is 1.87. The number of carbonyl (C=O) groups is 1. The predicted molar refractivity (Wildman–Crippen MR) is 80.1 cm³/mol. The molecule has 5 heteroatoms. The van der Waals surface area contributed by atoms with E-state index < -0.39 is 0 Å². The number of benzene rings is 1. The van der Waals surface area contributed by atoms with Crippen molar-refractivity contribution in [1.82, 2.24) is 4.90 Å². The highest BCUT2D eigenvalue weighted by molar-refractivity contribution is 8.26. The molecule has 0 radical (unpaired) electrons. The van der Waals surface area contributed by atoms with Gasteiger partial charge in [-0.15, -0.1) is 0 Å². The van der Waals surface area contributed by atoms with E-state index in [2.05, 4.69) is 0 Å². The maximum Gasteiger partial charge on any atom is 0.266 e. The zero-order valence-corrected chi connectivity index (χ0v) is 11.7. The van der Waals surface area contributed by atoms with Crippen LogP contribution in [0.4, 0.5) is 0 Å². The van der Waals surface area contributed by atoms with Gasteiger partial charge in [-0.1, -0.05) is 53.8 Å². The lowest BCUT2D eigenvalue weighted by Gasteiger charge is -2.11. The zero-order chi connectivity index (χ0) is 13.1. The van der Waals surface area contributed by atoms with Gasteiger partial charge in [-0.3, -0.25) is 9.69 Å². The second-order valence-electron chi connectivity index (χ2n) is 4.03. The maximum absolute atomic E-state index is 12.1. The molecule has 94 valence electrons. The molecule has 1 aliphatic heterocycles. The molecule has 1 fully saturated rings. The summed E-state index contributed by atoms with van der Waals surface area (Å²) >= 11 is 6.50. The Hall–Kier alpha value is -1.17. The average Bonchev–Trinajstić information content (AvgIpc) is 2.60. The van der Waals surface area contributed by atoms with Crippen LogP contribution in [0.1, 0.15) is 11.1 Å². The van der Waals surface area contributed by atoms with Gasteiger partial charge >= 0.3 is 0 Å². The Balaban J connectivity index is 2.22. The van der Waals surface area contributed by atoms with Crippen LogP contribution < -0.4 is 5.73 Å². The minimum Gasteiger partial charge on any atom is -0.329 e. The largest absolute Gasteiger partial charge is 0.329 e. The Kier molecular flexibility index (Phi) is 4.16. The summed E-state index contributed by atoms with van der Waals surface area (Å²) in [6, 6.07) is 8.02. The van der Waals surface area contributed by atoms with Crippen LogP contribution in [0.3, 0.4) is 0 Å². The van der Waals surface area contributed by atoms with Gasteiger partial charge in [0.2, 0.25) is 0 Å². The van der Waals surface area contributed by atoms with Crippen molar-refractivity contribution >= 4 is 40.3 Å². The van der Waals surface area contributed by atoms with Gasteiger partial charge in [-0.05, 0) is 18.6 Å². The Labute approximate surface area is 116 Å². The fourth-order valence-corrected chi connectivity index (χ4v) is 2.94. The van der Waals surface area contributed by atoms with Crippen LogP contribution in [0.15, 0.2) is 29.2 Å². The quantitative estimate of drug-likeness (QED) is 0.680. The van der Waals surface area contributed by atoms with Crippen molar-refractivity contribution in [2.45, 2.75) is 6.92 Å². The van der Waals surface area contributed by atoms with Crippen LogP contribution in [0, 0.1) is 6.92 Å². The number of amides is 1. The number of thiocarbonyl (C=S) groups is 1. The van der Waals surface area contributed by atoms with E-state index in [1.165, 1.54) is 17.3 Å². The number of aryl methyl sites for hydroxylation is 1. The fraction of sp³-hybridized carbons (Fsp3) is 0.231. The minimum atomic E-state index is -0.0453. The lowest BCUT2D eigenvalue weighted by molar-refractivity contribution is -0.122. The molecule has 0 aromatic heterocycles. The second-order valence-corrected chi connectivity index (χ2v) is 5.71. The Bertz CT molecular complexity index is 508. The van der Waals surface area contributed by atoms with E-state index in [9.17, 15) is 4.79 Å². The topological polar surface area (TPSA) is 46.3 Å². The molecule has 3 nitrogen and oxygen atoms in total. The van der Waals surface area contributed by atoms with Gasteiger partial charge in [-0.2, -0.15) is 0 Å². The number of nitrogens with two attached hydrogens (primary N) is 1. The smallest absolute Gasteiger partial charge is 0.266 e. The Morgan fingerprint density at radius 2 is 2.06 bits per heavy atom. The maximum atomic E-state index is 12.1. The molecular formula is C13H14N2OS2. The molecule has 0 bridgehead atoms. The molecule has 1 aromatic rings. The van der Waals surface area contributed by atoms with Crippen LogP contribution in [0.25, 0.3) is 6.08 Å². The third-order valence-corrected chi connectivity index (χ3v) is 3.98. The standard InChI is InChI=1S/C13H14N2OS2/c1-9-2-4-10(5-3-9)8-11-12(16)15(7-6-14)13(17)18-11/h2-5,8H,6-7,14H2,1H3/b11-8-. The van der Waals surface area contributed by atoms with E-state index in [0.29, 0.717) is 22.3 Å². The number of nitrogens with zero attached hydrogens (tertiary/aromatic N) is 1. The summed E-state index contributed by atoms with van der Waals surface area (Å²) in [5, 5.41) is 0. The molecule has 1 amide bonds. The third-order valence-electron chi connectivity index (χ3n) is 2.60. The van der Waals surface area contributed by atoms with Gasteiger partial charge in [0.25, 0.3) is 5.91 Å². The van der Waals surface area contributed by atoms with Crippen molar-refractivity contribution in [3.8, 4) is 0 Å². The number of thioether (sulfide) groups is 1. The molecule has 1 aliphatic rings. The fourth-order valence-electron chi connectivity index (χ4n) is 1.64. The van der Waals surface area contributed by atoms with Gasteiger partial charge in [0.15, 0.2) is 0 Å². The van der Waals surface area contributed by atoms with E-state index in [-0.39, 0.29) is 5.91 Å². The molecule has 0 spiro atoms. The van der Waals surface area contributed by atoms with E-state index in [1.807, 2.05) is 37.3 Å². The molecule has 0 saturated carbocycles. The lowest BCUT2D eigenvalue weighted by atomic mass is 10.1. The van der Waals surface area contributed by atoms with E-state index in [4.69, 9.17) is 18.0 Å². The highest BCUT2D eigenvalue weighted by atomic mass is 32.2. The number of rotatable bonds is 3. The summed E-state index contributed by atoms with van der Waals surface area (Å²) < 4.78 is 0.587. The summed E-state index contributed by atoms with van der Waals surface area (Å²) in [4.78, 5) is 14.3. The van der Waals surface area contributed by atoms with E-state index >= 15 is 0 Å². The molecule has 1 aromatic carbocycles. The molecule has 2 rings (SSSR count). The van der Waals surface area contributed by atoms with Gasteiger partial charge < -0.3 is 5.73 Å². The van der Waals surface area contributed by atoms with E-state index in [1.54, 1.807) is 4.90 Å².